The van der Waals surface area contributed by atoms with Gasteiger partial charge in [-0.05, 0) is 54.2 Å². The third kappa shape index (κ3) is 4.05. The number of hydrogen-bond acceptors (Lipinski definition) is 5. The number of nitriles is 1. The van der Waals surface area contributed by atoms with Crippen molar-refractivity contribution < 1.29 is 4.42 Å². The average Bonchev–Trinajstić information content (AvgIpc) is 3.29. The Morgan fingerprint density at radius 3 is 2.81 bits per heavy atom. The quantitative estimate of drug-likeness (QED) is 0.249. The number of aromatic nitrogens is 1. The van der Waals surface area contributed by atoms with E-state index in [9.17, 15) is 5.26 Å². The predicted octanol–water partition coefficient (Wildman–Crippen LogP) is 7.52. The molecule has 0 N–H and O–H groups in total. The molecule has 4 aromatic rings. The van der Waals surface area contributed by atoms with Gasteiger partial charge < -0.3 is 4.42 Å². The predicted molar refractivity (Wildman–Crippen MR) is 113 cm³/mol. The molecule has 0 aliphatic heterocycles. The summed E-state index contributed by atoms with van der Waals surface area (Å²) in [4.78, 5) is 5.04. The second-order valence-electron chi connectivity index (χ2n) is 5.50. The van der Waals surface area contributed by atoms with Crippen LogP contribution in [0.15, 0.2) is 68.3 Å². The van der Waals surface area contributed by atoms with Crippen LogP contribution >= 0.6 is 46.3 Å². The second-order valence-corrected chi connectivity index (χ2v) is 8.66. The second kappa shape index (κ2) is 7.79. The molecular formula is C20H10Cl2N2OS2. The summed E-state index contributed by atoms with van der Waals surface area (Å²) in [5.41, 5.74) is 1.64. The van der Waals surface area contributed by atoms with Crippen molar-refractivity contribution >= 4 is 62.6 Å². The number of allylic oxidation sites excluding steroid dienone is 1. The van der Waals surface area contributed by atoms with E-state index in [-0.39, 0.29) is 0 Å². The van der Waals surface area contributed by atoms with Crippen molar-refractivity contribution in [2.75, 3.05) is 0 Å². The largest absolute Gasteiger partial charge is 0.457 e. The van der Waals surface area contributed by atoms with E-state index in [0.29, 0.717) is 32.0 Å². The van der Waals surface area contributed by atoms with Gasteiger partial charge in [-0.3, -0.25) is 0 Å². The molecular weight excluding hydrogens is 419 g/mol. The highest BCUT2D eigenvalue weighted by Crippen LogP contribution is 2.36. The molecule has 0 fully saturated rings. The molecule has 27 heavy (non-hydrogen) atoms. The van der Waals surface area contributed by atoms with Gasteiger partial charge in [-0.25, -0.2) is 4.98 Å². The number of furan rings is 1. The SMILES string of the molecule is N#C/C(=C\c1ccc(-c2cc(Cl)ccc2Cl)o1)Sc1nc2ccccc2s1. The Morgan fingerprint density at radius 1 is 1.15 bits per heavy atom. The van der Waals surface area contributed by atoms with Gasteiger partial charge in [-0.15, -0.1) is 11.3 Å². The molecule has 0 spiro atoms. The highest BCUT2D eigenvalue weighted by Gasteiger charge is 2.11. The Morgan fingerprint density at radius 2 is 2.00 bits per heavy atom. The Hall–Kier alpha value is -2.23. The van der Waals surface area contributed by atoms with E-state index < -0.39 is 0 Å². The monoisotopic (exact) mass is 428 g/mol. The fraction of sp³-hybridized carbons (Fsp3) is 0. The maximum absolute atomic E-state index is 9.49. The van der Waals surface area contributed by atoms with Gasteiger partial charge in [0.15, 0.2) is 4.34 Å². The summed E-state index contributed by atoms with van der Waals surface area (Å²) in [6.45, 7) is 0. The minimum atomic E-state index is 0.493. The fourth-order valence-corrected chi connectivity index (χ4v) is 4.80. The summed E-state index contributed by atoms with van der Waals surface area (Å²) in [7, 11) is 0. The number of fused-ring (bicyclic) bond motifs is 1. The Bertz CT molecular complexity index is 1170. The molecule has 132 valence electrons. The normalized spacial score (nSPS) is 11.7. The van der Waals surface area contributed by atoms with E-state index >= 15 is 0 Å². The van der Waals surface area contributed by atoms with Crippen LogP contribution in [0, 0.1) is 11.3 Å². The number of halogens is 2. The molecule has 0 amide bonds. The lowest BCUT2D eigenvalue weighted by Crippen LogP contribution is -1.77. The zero-order chi connectivity index (χ0) is 18.8. The Labute approximate surface area is 173 Å². The van der Waals surface area contributed by atoms with Crippen LogP contribution in [-0.4, -0.2) is 4.98 Å². The molecule has 0 saturated carbocycles. The molecule has 4 rings (SSSR count). The third-order valence-electron chi connectivity index (χ3n) is 3.68. The molecule has 0 aliphatic rings. The number of hydrogen-bond donors (Lipinski definition) is 0. The molecule has 0 aliphatic carbocycles. The van der Waals surface area contributed by atoms with Crippen LogP contribution in [0.3, 0.4) is 0 Å². The summed E-state index contributed by atoms with van der Waals surface area (Å²) in [5.74, 6) is 1.15. The van der Waals surface area contributed by atoms with E-state index in [0.717, 1.165) is 14.6 Å². The zero-order valence-electron chi connectivity index (χ0n) is 13.6. The summed E-state index contributed by atoms with van der Waals surface area (Å²) in [5, 5.41) is 10.6. The first-order valence-electron chi connectivity index (χ1n) is 7.83. The van der Waals surface area contributed by atoms with Crippen molar-refractivity contribution in [2.45, 2.75) is 4.34 Å². The molecule has 2 heterocycles. The Balaban J connectivity index is 1.61. The number of benzene rings is 2. The van der Waals surface area contributed by atoms with Crippen molar-refractivity contribution in [1.82, 2.24) is 4.98 Å². The highest BCUT2D eigenvalue weighted by atomic mass is 35.5. The molecule has 3 nitrogen and oxygen atoms in total. The van der Waals surface area contributed by atoms with Crippen LogP contribution in [-0.2, 0) is 0 Å². The summed E-state index contributed by atoms with van der Waals surface area (Å²) < 4.78 is 7.74. The average molecular weight is 429 g/mol. The van der Waals surface area contributed by atoms with E-state index in [2.05, 4.69) is 11.1 Å². The van der Waals surface area contributed by atoms with Crippen LogP contribution < -0.4 is 0 Å². The van der Waals surface area contributed by atoms with Crippen molar-refractivity contribution in [1.29, 1.82) is 5.26 Å². The van der Waals surface area contributed by atoms with Gasteiger partial charge in [-0.2, -0.15) is 5.26 Å². The highest BCUT2D eigenvalue weighted by molar-refractivity contribution is 8.05. The van der Waals surface area contributed by atoms with Gasteiger partial charge in [0, 0.05) is 16.7 Å². The molecule has 0 radical (unpaired) electrons. The van der Waals surface area contributed by atoms with Gasteiger partial charge >= 0.3 is 0 Å². The molecule has 0 unspecified atom stereocenters. The maximum Gasteiger partial charge on any atom is 0.156 e. The number of rotatable bonds is 4. The Kier molecular flexibility index (Phi) is 5.24. The van der Waals surface area contributed by atoms with Gasteiger partial charge in [0.2, 0.25) is 0 Å². The van der Waals surface area contributed by atoms with Crippen LogP contribution in [0.4, 0.5) is 0 Å². The van der Waals surface area contributed by atoms with Crippen LogP contribution in [0.25, 0.3) is 27.6 Å². The maximum atomic E-state index is 9.49. The van der Waals surface area contributed by atoms with Crippen LogP contribution in [0.5, 0.6) is 0 Å². The molecule has 0 saturated heterocycles. The number of thioether (sulfide) groups is 1. The van der Waals surface area contributed by atoms with Gasteiger partial charge in [0.1, 0.15) is 17.6 Å². The lowest BCUT2D eigenvalue weighted by Gasteiger charge is -2.01. The van der Waals surface area contributed by atoms with Crippen LogP contribution in [0.2, 0.25) is 10.0 Å². The summed E-state index contributed by atoms with van der Waals surface area (Å²) in [6, 6.07) is 18.9. The molecule has 0 atom stereocenters. The molecule has 7 heteroatoms. The van der Waals surface area contributed by atoms with Crippen molar-refractivity contribution in [3.63, 3.8) is 0 Å². The van der Waals surface area contributed by atoms with Crippen molar-refractivity contribution in [3.8, 4) is 17.4 Å². The van der Waals surface area contributed by atoms with Gasteiger partial charge in [0.05, 0.1) is 20.1 Å². The number of nitrogens with zero attached hydrogens (tertiary/aromatic N) is 2. The number of para-hydroxylation sites is 1. The molecule has 0 bridgehead atoms. The topological polar surface area (TPSA) is 49.8 Å². The lowest BCUT2D eigenvalue weighted by molar-refractivity contribution is 0.572. The van der Waals surface area contributed by atoms with E-state index in [1.54, 1.807) is 47.7 Å². The molecule has 2 aromatic heterocycles. The minimum Gasteiger partial charge on any atom is -0.457 e. The minimum absolute atomic E-state index is 0.493. The zero-order valence-corrected chi connectivity index (χ0v) is 16.8. The van der Waals surface area contributed by atoms with Crippen molar-refractivity contribution in [3.05, 3.63) is 75.3 Å². The van der Waals surface area contributed by atoms with E-state index in [1.807, 2.05) is 24.3 Å². The third-order valence-corrected chi connectivity index (χ3v) is 6.27. The first-order valence-corrected chi connectivity index (χ1v) is 10.2. The molecule has 2 aromatic carbocycles. The number of thiazole rings is 1. The summed E-state index contributed by atoms with van der Waals surface area (Å²) >= 11 is 15.1. The van der Waals surface area contributed by atoms with Crippen molar-refractivity contribution in [2.24, 2.45) is 0 Å². The lowest BCUT2D eigenvalue weighted by atomic mass is 10.2. The van der Waals surface area contributed by atoms with Gasteiger partial charge in [0.25, 0.3) is 0 Å². The smallest absolute Gasteiger partial charge is 0.156 e. The van der Waals surface area contributed by atoms with Crippen LogP contribution in [0.1, 0.15) is 5.76 Å². The van der Waals surface area contributed by atoms with E-state index in [4.69, 9.17) is 27.6 Å². The fourth-order valence-electron chi connectivity index (χ4n) is 2.46. The summed E-state index contributed by atoms with van der Waals surface area (Å²) in [6.07, 6.45) is 1.69. The van der Waals surface area contributed by atoms with E-state index in [1.165, 1.54) is 11.8 Å². The van der Waals surface area contributed by atoms with Gasteiger partial charge in [-0.1, -0.05) is 35.3 Å². The standard InChI is InChI=1S/C20H10Cl2N2OS2/c21-12-5-7-16(22)15(9-12)18-8-6-13(25-18)10-14(11-23)26-20-24-17-3-1-2-4-19(17)27-20/h1-10H/b14-10+. The first kappa shape index (κ1) is 18.1. The first-order chi connectivity index (χ1) is 13.1.